The Morgan fingerprint density at radius 2 is 2.11 bits per heavy atom. The smallest absolute Gasteiger partial charge is 0.0572 e. The Labute approximate surface area is 113 Å². The highest BCUT2D eigenvalue weighted by Crippen LogP contribution is 2.19. The third kappa shape index (κ3) is 3.84. The molecule has 0 aliphatic heterocycles. The van der Waals surface area contributed by atoms with Crippen molar-refractivity contribution >= 4 is 0 Å². The summed E-state index contributed by atoms with van der Waals surface area (Å²) in [6.45, 7) is 3.62. The van der Waals surface area contributed by atoms with Gasteiger partial charge in [0, 0.05) is 37.7 Å². The summed E-state index contributed by atoms with van der Waals surface area (Å²) in [5.74, 6) is 0. The number of pyridine rings is 2. The van der Waals surface area contributed by atoms with Gasteiger partial charge >= 0.3 is 0 Å². The highest BCUT2D eigenvalue weighted by Gasteiger charge is 2.16. The van der Waals surface area contributed by atoms with E-state index in [1.165, 1.54) is 0 Å². The molecule has 0 bridgehead atoms. The van der Waals surface area contributed by atoms with E-state index in [4.69, 9.17) is 0 Å². The Hall–Kier alpha value is -1.78. The van der Waals surface area contributed by atoms with Gasteiger partial charge in [-0.25, -0.2) is 0 Å². The Bertz CT molecular complexity index is 475. The van der Waals surface area contributed by atoms with Crippen molar-refractivity contribution in [1.82, 2.24) is 14.9 Å². The summed E-state index contributed by atoms with van der Waals surface area (Å²) in [5, 5.41) is 9.23. The minimum absolute atomic E-state index is 0.136. The molecule has 2 rings (SSSR count). The molecule has 0 fully saturated rings. The van der Waals surface area contributed by atoms with E-state index < -0.39 is 0 Å². The van der Waals surface area contributed by atoms with Gasteiger partial charge in [0.15, 0.2) is 0 Å². The SMILES string of the molecule is CC(c1ccccn1)N(CCO)Cc1cccnc1. The lowest BCUT2D eigenvalue weighted by atomic mass is 10.1. The van der Waals surface area contributed by atoms with Crippen LogP contribution in [0.5, 0.6) is 0 Å². The standard InChI is InChI=1S/C15H19N3O/c1-13(15-6-2-3-8-17-15)18(9-10-19)12-14-5-4-7-16-11-14/h2-8,11,13,19H,9-10,12H2,1H3. The van der Waals surface area contributed by atoms with Crippen LogP contribution in [0.15, 0.2) is 48.9 Å². The Morgan fingerprint density at radius 3 is 2.74 bits per heavy atom. The maximum atomic E-state index is 9.23. The van der Waals surface area contributed by atoms with E-state index in [0.29, 0.717) is 6.54 Å². The minimum Gasteiger partial charge on any atom is -0.395 e. The molecule has 0 amide bonds. The van der Waals surface area contributed by atoms with Crippen molar-refractivity contribution in [2.24, 2.45) is 0 Å². The van der Waals surface area contributed by atoms with E-state index >= 15 is 0 Å². The van der Waals surface area contributed by atoms with Gasteiger partial charge in [0.1, 0.15) is 0 Å². The Kier molecular flexibility index (Phi) is 5.01. The normalized spacial score (nSPS) is 12.6. The summed E-state index contributed by atoms with van der Waals surface area (Å²) in [4.78, 5) is 10.7. The third-order valence-corrected chi connectivity index (χ3v) is 3.16. The van der Waals surface area contributed by atoms with Crippen LogP contribution in [0.4, 0.5) is 0 Å². The zero-order chi connectivity index (χ0) is 13.5. The number of aliphatic hydroxyl groups excluding tert-OH is 1. The molecule has 0 aliphatic rings. The highest BCUT2D eigenvalue weighted by atomic mass is 16.3. The van der Waals surface area contributed by atoms with E-state index in [1.807, 2.05) is 36.5 Å². The van der Waals surface area contributed by atoms with Crippen LogP contribution in [0.2, 0.25) is 0 Å². The van der Waals surface area contributed by atoms with Crippen molar-refractivity contribution in [2.45, 2.75) is 19.5 Å². The van der Waals surface area contributed by atoms with Gasteiger partial charge in [-0.1, -0.05) is 12.1 Å². The molecule has 0 spiro atoms. The van der Waals surface area contributed by atoms with Crippen LogP contribution < -0.4 is 0 Å². The van der Waals surface area contributed by atoms with E-state index in [-0.39, 0.29) is 12.6 Å². The number of hydrogen-bond acceptors (Lipinski definition) is 4. The summed E-state index contributed by atoms with van der Waals surface area (Å²) in [5.41, 5.74) is 2.15. The lowest BCUT2D eigenvalue weighted by molar-refractivity contribution is 0.149. The lowest BCUT2D eigenvalue weighted by Crippen LogP contribution is -2.30. The number of nitrogens with zero attached hydrogens (tertiary/aromatic N) is 3. The first-order valence-corrected chi connectivity index (χ1v) is 6.46. The monoisotopic (exact) mass is 257 g/mol. The van der Waals surface area contributed by atoms with E-state index in [2.05, 4.69) is 21.8 Å². The molecule has 1 N–H and O–H groups in total. The average molecular weight is 257 g/mol. The van der Waals surface area contributed by atoms with Crippen molar-refractivity contribution in [3.63, 3.8) is 0 Å². The van der Waals surface area contributed by atoms with Crippen molar-refractivity contribution in [1.29, 1.82) is 0 Å². The van der Waals surface area contributed by atoms with Gasteiger partial charge in [0.25, 0.3) is 0 Å². The summed E-state index contributed by atoms with van der Waals surface area (Å²) < 4.78 is 0. The van der Waals surface area contributed by atoms with Crippen molar-refractivity contribution < 1.29 is 5.11 Å². The topological polar surface area (TPSA) is 49.2 Å². The maximum absolute atomic E-state index is 9.23. The number of hydrogen-bond donors (Lipinski definition) is 1. The molecular weight excluding hydrogens is 238 g/mol. The van der Waals surface area contributed by atoms with Gasteiger partial charge in [0.05, 0.1) is 12.3 Å². The van der Waals surface area contributed by atoms with Gasteiger partial charge in [-0.05, 0) is 30.7 Å². The molecule has 2 aromatic rings. The van der Waals surface area contributed by atoms with Crippen LogP contribution in [0.3, 0.4) is 0 Å². The molecule has 0 saturated heterocycles. The quantitative estimate of drug-likeness (QED) is 0.860. The summed E-state index contributed by atoms with van der Waals surface area (Å²) in [6, 6.07) is 10.0. The van der Waals surface area contributed by atoms with Crippen molar-refractivity contribution in [3.05, 3.63) is 60.2 Å². The number of aromatic nitrogens is 2. The summed E-state index contributed by atoms with van der Waals surface area (Å²) in [7, 11) is 0. The van der Waals surface area contributed by atoms with Crippen LogP contribution >= 0.6 is 0 Å². The first-order chi connectivity index (χ1) is 9.31. The fourth-order valence-corrected chi connectivity index (χ4v) is 2.07. The third-order valence-electron chi connectivity index (χ3n) is 3.16. The van der Waals surface area contributed by atoms with Crippen LogP contribution in [0.25, 0.3) is 0 Å². The fourth-order valence-electron chi connectivity index (χ4n) is 2.07. The molecule has 100 valence electrons. The molecule has 0 saturated carbocycles. The second-order valence-electron chi connectivity index (χ2n) is 4.49. The molecule has 4 heteroatoms. The van der Waals surface area contributed by atoms with Crippen LogP contribution in [0, 0.1) is 0 Å². The van der Waals surface area contributed by atoms with Gasteiger partial charge in [-0.2, -0.15) is 0 Å². The van der Waals surface area contributed by atoms with Gasteiger partial charge in [-0.3, -0.25) is 14.9 Å². The Morgan fingerprint density at radius 1 is 1.21 bits per heavy atom. The Balaban J connectivity index is 2.11. The fraction of sp³-hybridized carbons (Fsp3) is 0.333. The molecule has 0 radical (unpaired) electrons. The average Bonchev–Trinajstić information content (AvgIpc) is 2.48. The summed E-state index contributed by atoms with van der Waals surface area (Å²) >= 11 is 0. The van der Waals surface area contributed by atoms with Crippen molar-refractivity contribution in [3.8, 4) is 0 Å². The second kappa shape index (κ2) is 6.97. The van der Waals surface area contributed by atoms with Crippen LogP contribution in [-0.4, -0.2) is 33.1 Å². The predicted octanol–water partition coefficient (Wildman–Crippen LogP) is 2.03. The highest BCUT2D eigenvalue weighted by molar-refractivity contribution is 5.11. The molecule has 1 atom stereocenters. The first kappa shape index (κ1) is 13.6. The van der Waals surface area contributed by atoms with Crippen LogP contribution in [-0.2, 0) is 6.54 Å². The zero-order valence-electron chi connectivity index (χ0n) is 11.1. The van der Waals surface area contributed by atoms with E-state index in [0.717, 1.165) is 17.8 Å². The molecule has 19 heavy (non-hydrogen) atoms. The van der Waals surface area contributed by atoms with Gasteiger partial charge in [0.2, 0.25) is 0 Å². The number of aliphatic hydroxyl groups is 1. The molecule has 0 aromatic carbocycles. The van der Waals surface area contributed by atoms with Gasteiger partial charge < -0.3 is 5.11 Å². The number of rotatable bonds is 6. The molecular formula is C15H19N3O. The van der Waals surface area contributed by atoms with Crippen molar-refractivity contribution in [2.75, 3.05) is 13.2 Å². The van der Waals surface area contributed by atoms with E-state index in [1.54, 1.807) is 12.4 Å². The minimum atomic E-state index is 0.136. The molecule has 0 aliphatic carbocycles. The first-order valence-electron chi connectivity index (χ1n) is 6.46. The molecule has 4 nitrogen and oxygen atoms in total. The van der Waals surface area contributed by atoms with Gasteiger partial charge in [-0.15, -0.1) is 0 Å². The largest absolute Gasteiger partial charge is 0.395 e. The van der Waals surface area contributed by atoms with E-state index in [9.17, 15) is 5.11 Å². The second-order valence-corrected chi connectivity index (χ2v) is 4.49. The zero-order valence-corrected chi connectivity index (χ0v) is 11.1. The van der Waals surface area contributed by atoms with Crippen LogP contribution in [0.1, 0.15) is 24.2 Å². The molecule has 2 heterocycles. The molecule has 2 aromatic heterocycles. The molecule has 1 unspecified atom stereocenters. The lowest BCUT2D eigenvalue weighted by Gasteiger charge is -2.28. The maximum Gasteiger partial charge on any atom is 0.0572 e. The summed E-state index contributed by atoms with van der Waals surface area (Å²) in [6.07, 6.45) is 5.42. The predicted molar refractivity (Wildman–Crippen MR) is 74.4 cm³/mol.